The molecule has 0 amide bonds. The van der Waals surface area contributed by atoms with Gasteiger partial charge in [0.05, 0.1) is 23.4 Å². The Kier molecular flexibility index (Phi) is 4.72. The van der Waals surface area contributed by atoms with Gasteiger partial charge in [-0.2, -0.15) is 0 Å². The molecule has 0 bridgehead atoms. The van der Waals surface area contributed by atoms with Crippen molar-refractivity contribution in [3.63, 3.8) is 0 Å². The number of aliphatic hydroxyl groups excluding tert-OH is 2. The molecule has 0 saturated carbocycles. The summed E-state index contributed by atoms with van der Waals surface area (Å²) in [6, 6.07) is 0.349. The SMILES string of the molecule is CN(C)CC1CC(O)CN1CC1C(O)C(C)(C)OC1(C)C. The number of likely N-dealkylation sites (tertiary alicyclic amines) is 1. The van der Waals surface area contributed by atoms with Crippen LogP contribution in [0.15, 0.2) is 0 Å². The molecule has 0 aliphatic carbocycles. The molecule has 5 heteroatoms. The highest BCUT2D eigenvalue weighted by molar-refractivity contribution is 5.03. The van der Waals surface area contributed by atoms with Crippen molar-refractivity contribution in [2.24, 2.45) is 5.92 Å². The highest BCUT2D eigenvalue weighted by atomic mass is 16.5. The summed E-state index contributed by atoms with van der Waals surface area (Å²) in [5.74, 6) is 0.0578. The van der Waals surface area contributed by atoms with Gasteiger partial charge in [-0.3, -0.25) is 4.90 Å². The molecule has 2 saturated heterocycles. The smallest absolute Gasteiger partial charge is 0.0896 e. The zero-order chi connectivity index (χ0) is 16.0. The van der Waals surface area contributed by atoms with E-state index in [1.165, 1.54) is 0 Å². The molecule has 2 fully saturated rings. The van der Waals surface area contributed by atoms with E-state index >= 15 is 0 Å². The van der Waals surface area contributed by atoms with Gasteiger partial charge in [-0.15, -0.1) is 0 Å². The zero-order valence-electron chi connectivity index (χ0n) is 14.3. The van der Waals surface area contributed by atoms with Gasteiger partial charge in [-0.25, -0.2) is 0 Å². The molecule has 0 aromatic carbocycles. The van der Waals surface area contributed by atoms with Gasteiger partial charge in [-0.1, -0.05) is 0 Å². The van der Waals surface area contributed by atoms with E-state index in [1.807, 2.05) is 13.8 Å². The third-order valence-electron chi connectivity index (χ3n) is 5.03. The van der Waals surface area contributed by atoms with Crippen LogP contribution in [0.3, 0.4) is 0 Å². The lowest BCUT2D eigenvalue weighted by Crippen LogP contribution is -2.47. The Balaban J connectivity index is 2.09. The van der Waals surface area contributed by atoms with Gasteiger partial charge in [0.2, 0.25) is 0 Å². The number of aliphatic hydroxyl groups is 2. The van der Waals surface area contributed by atoms with E-state index in [1.54, 1.807) is 0 Å². The normalized spacial score (nSPS) is 39.3. The summed E-state index contributed by atoms with van der Waals surface area (Å²) in [7, 11) is 4.12. The molecule has 2 aliphatic heterocycles. The first-order valence-electron chi connectivity index (χ1n) is 7.98. The molecule has 0 aromatic heterocycles. The van der Waals surface area contributed by atoms with Crippen molar-refractivity contribution in [2.45, 2.75) is 63.6 Å². The first-order valence-corrected chi connectivity index (χ1v) is 7.98. The molecule has 0 aromatic rings. The number of ether oxygens (including phenoxy) is 1. The molecule has 124 valence electrons. The average Bonchev–Trinajstić information content (AvgIpc) is 2.68. The number of hydrogen-bond acceptors (Lipinski definition) is 5. The second kappa shape index (κ2) is 5.78. The van der Waals surface area contributed by atoms with Crippen LogP contribution in [0.1, 0.15) is 34.1 Å². The largest absolute Gasteiger partial charge is 0.392 e. The van der Waals surface area contributed by atoms with Crippen molar-refractivity contribution in [3.8, 4) is 0 Å². The van der Waals surface area contributed by atoms with E-state index in [-0.39, 0.29) is 17.6 Å². The number of hydrogen-bond donors (Lipinski definition) is 2. The van der Waals surface area contributed by atoms with E-state index in [0.29, 0.717) is 12.6 Å². The number of β-amino-alcohol motifs (C(OH)–C–C–N with tert-alkyl or cyclic N) is 1. The molecule has 0 spiro atoms. The quantitative estimate of drug-likeness (QED) is 0.794. The monoisotopic (exact) mass is 300 g/mol. The predicted octanol–water partition coefficient (Wildman–Crippen LogP) is 0.548. The molecule has 21 heavy (non-hydrogen) atoms. The van der Waals surface area contributed by atoms with Gasteiger partial charge in [0.15, 0.2) is 0 Å². The van der Waals surface area contributed by atoms with Crippen molar-refractivity contribution in [3.05, 3.63) is 0 Å². The minimum absolute atomic E-state index is 0.0578. The molecule has 2 N–H and O–H groups in total. The van der Waals surface area contributed by atoms with Crippen molar-refractivity contribution in [1.29, 1.82) is 0 Å². The summed E-state index contributed by atoms with van der Waals surface area (Å²) in [4.78, 5) is 4.48. The van der Waals surface area contributed by atoms with Crippen LogP contribution in [0.5, 0.6) is 0 Å². The molecule has 0 radical (unpaired) electrons. The van der Waals surface area contributed by atoms with Gasteiger partial charge in [0.1, 0.15) is 0 Å². The Bertz CT molecular complexity index is 371. The fourth-order valence-electron chi connectivity index (χ4n) is 4.04. The first-order chi connectivity index (χ1) is 9.53. The van der Waals surface area contributed by atoms with Crippen LogP contribution in [-0.4, -0.2) is 83.2 Å². The third kappa shape index (κ3) is 3.59. The molecule has 4 atom stereocenters. The molecule has 4 unspecified atom stereocenters. The zero-order valence-corrected chi connectivity index (χ0v) is 14.3. The Morgan fingerprint density at radius 3 is 2.24 bits per heavy atom. The van der Waals surface area contributed by atoms with Crippen molar-refractivity contribution in [1.82, 2.24) is 9.80 Å². The third-order valence-corrected chi connectivity index (χ3v) is 5.03. The van der Waals surface area contributed by atoms with Crippen LogP contribution < -0.4 is 0 Å². The van der Waals surface area contributed by atoms with Crippen LogP contribution >= 0.6 is 0 Å². The first kappa shape index (κ1) is 17.2. The summed E-state index contributed by atoms with van der Waals surface area (Å²) in [5, 5.41) is 20.6. The summed E-state index contributed by atoms with van der Waals surface area (Å²) in [6.07, 6.45) is 0.0712. The maximum Gasteiger partial charge on any atom is 0.0896 e. The van der Waals surface area contributed by atoms with Crippen LogP contribution in [0.2, 0.25) is 0 Å². The Labute approximate surface area is 128 Å². The lowest BCUT2D eigenvalue weighted by Gasteiger charge is -2.34. The highest BCUT2D eigenvalue weighted by Crippen LogP contribution is 2.43. The van der Waals surface area contributed by atoms with Crippen LogP contribution in [0.25, 0.3) is 0 Å². The summed E-state index contributed by atoms with van der Waals surface area (Å²) >= 11 is 0. The van der Waals surface area contributed by atoms with E-state index < -0.39 is 11.7 Å². The number of likely N-dealkylation sites (N-methyl/N-ethyl adjacent to an activating group) is 1. The second-order valence-corrected chi connectivity index (χ2v) is 8.12. The topological polar surface area (TPSA) is 56.2 Å². The summed E-state index contributed by atoms with van der Waals surface area (Å²) < 4.78 is 6.06. The van der Waals surface area contributed by atoms with Gasteiger partial charge < -0.3 is 19.8 Å². The minimum atomic E-state index is -0.510. The van der Waals surface area contributed by atoms with Crippen molar-refractivity contribution < 1.29 is 14.9 Å². The predicted molar refractivity (Wildman–Crippen MR) is 83.3 cm³/mol. The molecule has 2 rings (SSSR count). The fraction of sp³-hybridized carbons (Fsp3) is 1.00. The molecule has 2 heterocycles. The van der Waals surface area contributed by atoms with E-state index in [0.717, 1.165) is 19.5 Å². The van der Waals surface area contributed by atoms with Crippen LogP contribution in [0, 0.1) is 5.92 Å². The number of nitrogens with zero attached hydrogens (tertiary/aromatic N) is 2. The molecule has 2 aliphatic rings. The summed E-state index contributed by atoms with van der Waals surface area (Å²) in [6.45, 7) is 10.4. The Morgan fingerprint density at radius 1 is 1.14 bits per heavy atom. The highest BCUT2D eigenvalue weighted by Gasteiger charge is 2.54. The summed E-state index contributed by atoms with van der Waals surface area (Å²) in [5.41, 5.74) is -0.858. The number of rotatable bonds is 4. The maximum absolute atomic E-state index is 10.6. The standard InChI is InChI=1S/C16H32N2O3/c1-15(2)13(14(20)16(3,4)21-15)10-18-9-12(19)7-11(18)8-17(5)6/h11-14,19-20H,7-10H2,1-6H3. The van der Waals surface area contributed by atoms with Crippen LogP contribution in [0.4, 0.5) is 0 Å². The van der Waals surface area contributed by atoms with Crippen molar-refractivity contribution in [2.75, 3.05) is 33.7 Å². The van der Waals surface area contributed by atoms with Gasteiger partial charge >= 0.3 is 0 Å². The molecular weight excluding hydrogens is 268 g/mol. The second-order valence-electron chi connectivity index (χ2n) is 8.12. The lowest BCUT2D eigenvalue weighted by molar-refractivity contribution is -0.0914. The van der Waals surface area contributed by atoms with Gasteiger partial charge in [0, 0.05) is 31.6 Å². The molecular formula is C16H32N2O3. The maximum atomic E-state index is 10.6. The Hall–Kier alpha value is -0.200. The van der Waals surface area contributed by atoms with E-state index in [2.05, 4.69) is 37.7 Å². The van der Waals surface area contributed by atoms with Crippen molar-refractivity contribution >= 4 is 0 Å². The minimum Gasteiger partial charge on any atom is -0.392 e. The Morgan fingerprint density at radius 2 is 1.76 bits per heavy atom. The average molecular weight is 300 g/mol. The molecule has 5 nitrogen and oxygen atoms in total. The van der Waals surface area contributed by atoms with Gasteiger partial charge in [-0.05, 0) is 48.2 Å². The lowest BCUT2D eigenvalue weighted by atomic mass is 9.84. The van der Waals surface area contributed by atoms with E-state index in [9.17, 15) is 10.2 Å². The van der Waals surface area contributed by atoms with Gasteiger partial charge in [0.25, 0.3) is 0 Å². The van der Waals surface area contributed by atoms with Crippen LogP contribution in [-0.2, 0) is 4.74 Å². The van der Waals surface area contributed by atoms with E-state index in [4.69, 9.17) is 4.74 Å². The fourth-order valence-corrected chi connectivity index (χ4v) is 4.04.